The summed E-state index contributed by atoms with van der Waals surface area (Å²) in [6, 6.07) is 2.74. The van der Waals surface area contributed by atoms with E-state index < -0.39 is 5.82 Å². The molecule has 1 aromatic rings. The molecule has 0 N–H and O–H groups in total. The molecule has 1 aliphatic heterocycles. The average Bonchev–Trinajstić information content (AvgIpc) is 2.46. The number of rotatable bonds is 6. The number of Topliss-reactive ketones (excluding diaryl/α,β-unsaturated/α-hetero) is 1. The third kappa shape index (κ3) is 5.17. The maximum atomic E-state index is 12.8. The summed E-state index contributed by atoms with van der Waals surface area (Å²) >= 11 is 0. The van der Waals surface area contributed by atoms with Crippen LogP contribution in [-0.2, 0) is 0 Å². The van der Waals surface area contributed by atoms with Crippen molar-refractivity contribution in [3.8, 4) is 0 Å². The zero-order valence-electron chi connectivity index (χ0n) is 12.9. The molecule has 21 heavy (non-hydrogen) atoms. The Morgan fingerprint density at radius 3 is 2.48 bits per heavy atom. The van der Waals surface area contributed by atoms with E-state index in [1.165, 1.54) is 12.1 Å². The number of ketones is 1. The van der Waals surface area contributed by atoms with Gasteiger partial charge in [0.05, 0.1) is 6.20 Å². The number of piperazine rings is 1. The Labute approximate surface area is 126 Å². The summed E-state index contributed by atoms with van der Waals surface area (Å²) in [4.78, 5) is 20.6. The molecule has 4 nitrogen and oxygen atoms in total. The van der Waals surface area contributed by atoms with Crippen LogP contribution in [-0.4, -0.2) is 59.8 Å². The molecule has 0 radical (unpaired) electrons. The second-order valence-corrected chi connectivity index (χ2v) is 6.07. The molecule has 0 unspecified atom stereocenters. The van der Waals surface area contributed by atoms with E-state index in [1.807, 2.05) is 0 Å². The molecule has 1 fully saturated rings. The highest BCUT2D eigenvalue weighted by Crippen LogP contribution is 2.07. The largest absolute Gasteiger partial charge is 0.301 e. The highest BCUT2D eigenvalue weighted by molar-refractivity contribution is 5.94. The van der Waals surface area contributed by atoms with Crippen molar-refractivity contribution in [2.24, 2.45) is 5.92 Å². The van der Waals surface area contributed by atoms with Crippen LogP contribution in [0.15, 0.2) is 18.3 Å². The van der Waals surface area contributed by atoms with E-state index in [0.717, 1.165) is 45.5 Å². The average molecular weight is 293 g/mol. The molecule has 116 valence electrons. The zero-order chi connectivity index (χ0) is 15.2. The molecule has 0 spiro atoms. The van der Waals surface area contributed by atoms with Crippen LogP contribution in [0.1, 0.15) is 30.8 Å². The number of aromatic nitrogens is 1. The summed E-state index contributed by atoms with van der Waals surface area (Å²) in [7, 11) is 0. The van der Waals surface area contributed by atoms with Gasteiger partial charge in [-0.05, 0) is 18.1 Å². The lowest BCUT2D eigenvalue weighted by atomic mass is 10.1. The van der Waals surface area contributed by atoms with Crippen molar-refractivity contribution in [2.45, 2.75) is 20.3 Å². The van der Waals surface area contributed by atoms with Crippen molar-refractivity contribution >= 4 is 5.78 Å². The zero-order valence-corrected chi connectivity index (χ0v) is 12.9. The van der Waals surface area contributed by atoms with Gasteiger partial charge in [-0.25, -0.2) is 4.39 Å². The van der Waals surface area contributed by atoms with E-state index in [0.29, 0.717) is 18.0 Å². The summed E-state index contributed by atoms with van der Waals surface area (Å²) in [5.74, 6) is 0.273. The van der Waals surface area contributed by atoms with Crippen molar-refractivity contribution in [3.63, 3.8) is 0 Å². The lowest BCUT2D eigenvalue weighted by Crippen LogP contribution is -2.47. The number of hydrogen-bond acceptors (Lipinski definition) is 4. The van der Waals surface area contributed by atoms with Crippen molar-refractivity contribution in [3.05, 3.63) is 29.8 Å². The molecule has 2 rings (SSSR count). The molecule has 0 aliphatic carbocycles. The summed E-state index contributed by atoms with van der Waals surface area (Å²) in [5, 5.41) is 0. The van der Waals surface area contributed by atoms with E-state index in [4.69, 9.17) is 0 Å². The molecule has 0 atom stereocenters. The van der Waals surface area contributed by atoms with Crippen LogP contribution in [0.5, 0.6) is 0 Å². The first-order valence-corrected chi connectivity index (χ1v) is 7.64. The smallest absolute Gasteiger partial charge is 0.182 e. The second-order valence-electron chi connectivity index (χ2n) is 6.07. The summed E-state index contributed by atoms with van der Waals surface area (Å²) in [6.45, 7) is 10.5. The van der Waals surface area contributed by atoms with E-state index >= 15 is 0 Å². The molecule has 0 bridgehead atoms. The third-order valence-electron chi connectivity index (χ3n) is 3.76. The molecule has 1 saturated heterocycles. The number of carbonyl (C=O) groups is 1. The minimum absolute atomic E-state index is 0.0142. The van der Waals surface area contributed by atoms with Crippen molar-refractivity contribution in [1.29, 1.82) is 0 Å². The number of halogens is 1. The van der Waals surface area contributed by atoms with Gasteiger partial charge in [-0.1, -0.05) is 13.8 Å². The third-order valence-corrected chi connectivity index (χ3v) is 3.76. The molecule has 1 aromatic heterocycles. The van der Waals surface area contributed by atoms with Gasteiger partial charge >= 0.3 is 0 Å². The van der Waals surface area contributed by atoms with Crippen molar-refractivity contribution < 1.29 is 9.18 Å². The molecule has 0 aromatic carbocycles. The minimum Gasteiger partial charge on any atom is -0.301 e. The first-order chi connectivity index (χ1) is 10.0. The predicted octanol–water partition coefficient (Wildman–Crippen LogP) is 2.07. The van der Waals surface area contributed by atoms with Gasteiger partial charge in [0.2, 0.25) is 0 Å². The van der Waals surface area contributed by atoms with Crippen LogP contribution in [0, 0.1) is 11.7 Å². The van der Waals surface area contributed by atoms with Crippen LogP contribution >= 0.6 is 0 Å². The van der Waals surface area contributed by atoms with Crippen molar-refractivity contribution in [2.75, 3.05) is 39.3 Å². The van der Waals surface area contributed by atoms with Crippen LogP contribution in [0.25, 0.3) is 0 Å². The quantitative estimate of drug-likeness (QED) is 0.752. The maximum Gasteiger partial charge on any atom is 0.182 e. The SMILES string of the molecule is CC(C)CN1CCN(CCC(=O)c2ccc(F)cn2)CC1. The predicted molar refractivity (Wildman–Crippen MR) is 80.9 cm³/mol. The van der Waals surface area contributed by atoms with Gasteiger partial charge in [-0.3, -0.25) is 9.78 Å². The molecular formula is C16H24FN3O. The minimum atomic E-state index is -0.409. The van der Waals surface area contributed by atoms with Crippen LogP contribution < -0.4 is 0 Å². The van der Waals surface area contributed by atoms with Crippen LogP contribution in [0.4, 0.5) is 4.39 Å². The highest BCUT2D eigenvalue weighted by Gasteiger charge is 2.18. The lowest BCUT2D eigenvalue weighted by molar-refractivity contribution is 0.0914. The summed E-state index contributed by atoms with van der Waals surface area (Å²) in [6.07, 6.45) is 1.54. The molecule has 2 heterocycles. The molecule has 5 heteroatoms. The topological polar surface area (TPSA) is 36.4 Å². The monoisotopic (exact) mass is 293 g/mol. The van der Waals surface area contributed by atoms with Gasteiger partial charge in [0.1, 0.15) is 11.5 Å². The second kappa shape index (κ2) is 7.61. The summed E-state index contributed by atoms with van der Waals surface area (Å²) < 4.78 is 12.8. The van der Waals surface area contributed by atoms with E-state index in [1.54, 1.807) is 0 Å². The Morgan fingerprint density at radius 1 is 1.24 bits per heavy atom. The number of pyridine rings is 1. The van der Waals surface area contributed by atoms with E-state index in [9.17, 15) is 9.18 Å². The molecular weight excluding hydrogens is 269 g/mol. The van der Waals surface area contributed by atoms with Gasteiger partial charge in [0, 0.05) is 45.7 Å². The van der Waals surface area contributed by atoms with E-state index in [2.05, 4.69) is 28.6 Å². The lowest BCUT2D eigenvalue weighted by Gasteiger charge is -2.35. The first-order valence-electron chi connectivity index (χ1n) is 7.64. The van der Waals surface area contributed by atoms with Crippen molar-refractivity contribution in [1.82, 2.24) is 14.8 Å². The Bertz CT molecular complexity index is 453. The normalized spacial score (nSPS) is 17.3. The fourth-order valence-electron chi connectivity index (χ4n) is 2.64. The van der Waals surface area contributed by atoms with E-state index in [-0.39, 0.29) is 5.78 Å². The Balaban J connectivity index is 1.72. The van der Waals surface area contributed by atoms with Gasteiger partial charge in [0.15, 0.2) is 5.78 Å². The molecule has 1 aliphatic rings. The molecule has 0 amide bonds. The van der Waals surface area contributed by atoms with Gasteiger partial charge in [0.25, 0.3) is 0 Å². The fourth-order valence-corrected chi connectivity index (χ4v) is 2.64. The van der Waals surface area contributed by atoms with Gasteiger partial charge in [-0.2, -0.15) is 0 Å². The van der Waals surface area contributed by atoms with Crippen LogP contribution in [0.3, 0.4) is 0 Å². The van der Waals surface area contributed by atoms with Crippen LogP contribution in [0.2, 0.25) is 0 Å². The first kappa shape index (κ1) is 16.0. The highest BCUT2D eigenvalue weighted by atomic mass is 19.1. The summed E-state index contributed by atoms with van der Waals surface area (Å²) in [5.41, 5.74) is 0.356. The molecule has 0 saturated carbocycles. The Hall–Kier alpha value is -1.33. The maximum absolute atomic E-state index is 12.8. The fraction of sp³-hybridized carbons (Fsp3) is 0.625. The van der Waals surface area contributed by atoms with Gasteiger partial charge < -0.3 is 9.80 Å². The number of hydrogen-bond donors (Lipinski definition) is 0. The standard InChI is InChI=1S/C16H24FN3O/c1-13(2)12-20-9-7-19(8-10-20)6-5-16(21)15-4-3-14(17)11-18-15/h3-4,11,13H,5-10,12H2,1-2H3. The Kier molecular flexibility index (Phi) is 5.82. The van der Waals surface area contributed by atoms with Gasteiger partial charge in [-0.15, -0.1) is 0 Å². The Morgan fingerprint density at radius 2 is 1.90 bits per heavy atom. The number of nitrogens with zero attached hydrogens (tertiary/aromatic N) is 3. The number of carbonyl (C=O) groups excluding carboxylic acids is 1.